The molecule has 19 heavy (non-hydrogen) atoms. The van der Waals surface area contributed by atoms with Gasteiger partial charge in [-0.15, -0.1) is 0 Å². The van der Waals surface area contributed by atoms with Crippen LogP contribution in [0.2, 0.25) is 0 Å². The lowest BCUT2D eigenvalue weighted by Crippen LogP contribution is -2.00. The summed E-state index contributed by atoms with van der Waals surface area (Å²) in [7, 11) is 1.72. The average molecular weight is 255 g/mol. The van der Waals surface area contributed by atoms with Crippen molar-refractivity contribution in [2.75, 3.05) is 12.4 Å². The van der Waals surface area contributed by atoms with Crippen molar-refractivity contribution >= 4 is 5.69 Å². The number of rotatable bonds is 5. The normalized spacial score (nSPS) is 10.5. The smallest absolute Gasteiger partial charge is 0.0713 e. The first-order valence-corrected chi connectivity index (χ1v) is 6.57. The minimum absolute atomic E-state index is 0.664. The van der Waals surface area contributed by atoms with Crippen molar-refractivity contribution in [2.24, 2.45) is 0 Å². The van der Waals surface area contributed by atoms with E-state index in [1.807, 2.05) is 0 Å². The second-order valence-electron chi connectivity index (χ2n) is 4.91. The van der Waals surface area contributed by atoms with Gasteiger partial charge in [-0.2, -0.15) is 0 Å². The molecule has 2 rings (SSSR count). The topological polar surface area (TPSA) is 21.3 Å². The molecule has 0 amide bonds. The minimum Gasteiger partial charge on any atom is -0.381 e. The SMILES string of the molecule is COCc1cccc(CNc2ccc(C)c(C)c2)c1. The molecule has 0 bridgehead atoms. The van der Waals surface area contributed by atoms with Crippen LogP contribution in [0.4, 0.5) is 5.69 Å². The summed E-state index contributed by atoms with van der Waals surface area (Å²) in [6, 6.07) is 14.9. The molecule has 0 unspecified atom stereocenters. The average Bonchev–Trinajstić information content (AvgIpc) is 2.41. The van der Waals surface area contributed by atoms with Crippen molar-refractivity contribution in [1.29, 1.82) is 0 Å². The van der Waals surface area contributed by atoms with Crippen LogP contribution in [-0.4, -0.2) is 7.11 Å². The third-order valence-electron chi connectivity index (χ3n) is 3.31. The van der Waals surface area contributed by atoms with Crippen molar-refractivity contribution < 1.29 is 4.74 Å². The van der Waals surface area contributed by atoms with Crippen LogP contribution in [-0.2, 0) is 17.9 Å². The van der Waals surface area contributed by atoms with Gasteiger partial charge in [0.2, 0.25) is 0 Å². The van der Waals surface area contributed by atoms with Crippen LogP contribution in [0.15, 0.2) is 42.5 Å². The third kappa shape index (κ3) is 3.83. The Morgan fingerprint density at radius 3 is 2.47 bits per heavy atom. The molecule has 0 aliphatic carbocycles. The number of hydrogen-bond donors (Lipinski definition) is 1. The molecule has 0 aliphatic heterocycles. The summed E-state index contributed by atoms with van der Waals surface area (Å²) in [5.74, 6) is 0. The van der Waals surface area contributed by atoms with Gasteiger partial charge in [0.15, 0.2) is 0 Å². The Morgan fingerprint density at radius 1 is 0.947 bits per heavy atom. The summed E-state index contributed by atoms with van der Waals surface area (Å²) in [5.41, 5.74) is 6.29. The molecule has 2 aromatic carbocycles. The first-order valence-electron chi connectivity index (χ1n) is 6.57. The van der Waals surface area contributed by atoms with E-state index in [1.54, 1.807) is 7.11 Å². The summed E-state index contributed by atoms with van der Waals surface area (Å²) < 4.78 is 5.15. The molecule has 0 fully saturated rings. The maximum Gasteiger partial charge on any atom is 0.0713 e. The lowest BCUT2D eigenvalue weighted by molar-refractivity contribution is 0.185. The van der Waals surface area contributed by atoms with Crippen LogP contribution in [0.5, 0.6) is 0 Å². The third-order valence-corrected chi connectivity index (χ3v) is 3.31. The number of anilines is 1. The summed E-state index contributed by atoms with van der Waals surface area (Å²) in [4.78, 5) is 0. The number of aryl methyl sites for hydroxylation is 2. The van der Waals surface area contributed by atoms with Gasteiger partial charge in [-0.1, -0.05) is 30.3 Å². The zero-order chi connectivity index (χ0) is 13.7. The second kappa shape index (κ2) is 6.39. The van der Waals surface area contributed by atoms with E-state index >= 15 is 0 Å². The van der Waals surface area contributed by atoms with Crippen LogP contribution in [0, 0.1) is 13.8 Å². The van der Waals surface area contributed by atoms with E-state index in [1.165, 1.54) is 27.9 Å². The molecule has 0 atom stereocenters. The van der Waals surface area contributed by atoms with Gasteiger partial charge in [0.05, 0.1) is 6.61 Å². The predicted octanol–water partition coefficient (Wildman–Crippen LogP) is 4.06. The highest BCUT2D eigenvalue weighted by molar-refractivity contribution is 5.48. The monoisotopic (exact) mass is 255 g/mol. The molecule has 100 valence electrons. The van der Waals surface area contributed by atoms with Gasteiger partial charge in [-0.05, 0) is 48.2 Å². The van der Waals surface area contributed by atoms with Crippen LogP contribution in [0.3, 0.4) is 0 Å². The Kier molecular flexibility index (Phi) is 4.58. The van der Waals surface area contributed by atoms with E-state index in [-0.39, 0.29) is 0 Å². The van der Waals surface area contributed by atoms with Crippen molar-refractivity contribution in [3.05, 3.63) is 64.7 Å². The minimum atomic E-state index is 0.664. The molecule has 0 heterocycles. The highest BCUT2D eigenvalue weighted by Gasteiger charge is 1.98. The largest absolute Gasteiger partial charge is 0.381 e. The van der Waals surface area contributed by atoms with Crippen molar-refractivity contribution in [2.45, 2.75) is 27.0 Å². The standard InChI is InChI=1S/C17H21NO/c1-13-7-8-17(9-14(13)2)18-11-15-5-4-6-16(10-15)12-19-3/h4-10,18H,11-12H2,1-3H3. The number of hydrogen-bond acceptors (Lipinski definition) is 2. The lowest BCUT2D eigenvalue weighted by Gasteiger charge is -2.10. The van der Waals surface area contributed by atoms with Crippen molar-refractivity contribution in [3.63, 3.8) is 0 Å². The van der Waals surface area contributed by atoms with Gasteiger partial charge < -0.3 is 10.1 Å². The molecular formula is C17H21NO. The highest BCUT2D eigenvalue weighted by Crippen LogP contribution is 2.15. The number of benzene rings is 2. The Bertz CT molecular complexity index is 549. The van der Waals surface area contributed by atoms with Gasteiger partial charge in [0, 0.05) is 19.3 Å². The zero-order valence-corrected chi connectivity index (χ0v) is 11.9. The first kappa shape index (κ1) is 13.6. The summed E-state index contributed by atoms with van der Waals surface area (Å²) >= 11 is 0. The molecule has 0 saturated carbocycles. The fourth-order valence-electron chi connectivity index (χ4n) is 2.05. The fraction of sp³-hybridized carbons (Fsp3) is 0.294. The maximum absolute atomic E-state index is 5.15. The van der Waals surface area contributed by atoms with E-state index < -0.39 is 0 Å². The summed E-state index contributed by atoms with van der Waals surface area (Å²) in [5, 5.41) is 3.46. The molecule has 2 heteroatoms. The number of methoxy groups -OCH3 is 1. The van der Waals surface area contributed by atoms with Gasteiger partial charge in [-0.25, -0.2) is 0 Å². The van der Waals surface area contributed by atoms with Crippen LogP contribution < -0.4 is 5.32 Å². The second-order valence-corrected chi connectivity index (χ2v) is 4.91. The van der Waals surface area contributed by atoms with E-state index in [2.05, 4.69) is 61.6 Å². The quantitative estimate of drug-likeness (QED) is 0.870. The number of ether oxygens (including phenoxy) is 1. The highest BCUT2D eigenvalue weighted by atomic mass is 16.5. The lowest BCUT2D eigenvalue weighted by atomic mass is 10.1. The van der Waals surface area contributed by atoms with E-state index in [9.17, 15) is 0 Å². The Morgan fingerprint density at radius 2 is 1.74 bits per heavy atom. The molecule has 2 nitrogen and oxygen atoms in total. The van der Waals surface area contributed by atoms with Gasteiger partial charge in [0.25, 0.3) is 0 Å². The van der Waals surface area contributed by atoms with Gasteiger partial charge >= 0.3 is 0 Å². The molecule has 0 spiro atoms. The predicted molar refractivity (Wildman–Crippen MR) is 80.4 cm³/mol. The van der Waals surface area contributed by atoms with Gasteiger partial charge in [0.1, 0.15) is 0 Å². The summed E-state index contributed by atoms with van der Waals surface area (Å²) in [6.07, 6.45) is 0. The Labute approximate surface area is 115 Å². The number of nitrogens with one attached hydrogen (secondary N) is 1. The van der Waals surface area contributed by atoms with E-state index in [0.717, 1.165) is 6.54 Å². The van der Waals surface area contributed by atoms with Gasteiger partial charge in [-0.3, -0.25) is 0 Å². The maximum atomic E-state index is 5.15. The Balaban J connectivity index is 2.01. The van der Waals surface area contributed by atoms with Crippen LogP contribution >= 0.6 is 0 Å². The molecule has 2 aromatic rings. The van der Waals surface area contributed by atoms with E-state index in [0.29, 0.717) is 6.61 Å². The van der Waals surface area contributed by atoms with Crippen molar-refractivity contribution in [1.82, 2.24) is 0 Å². The first-order chi connectivity index (χ1) is 9.19. The molecule has 1 N–H and O–H groups in total. The van der Waals surface area contributed by atoms with Crippen molar-refractivity contribution in [3.8, 4) is 0 Å². The molecule has 0 radical (unpaired) electrons. The molecular weight excluding hydrogens is 234 g/mol. The zero-order valence-electron chi connectivity index (χ0n) is 11.9. The summed E-state index contributed by atoms with van der Waals surface area (Å²) in [6.45, 7) is 5.77. The molecule has 0 aromatic heterocycles. The van der Waals surface area contributed by atoms with Crippen LogP contribution in [0.25, 0.3) is 0 Å². The Hall–Kier alpha value is -1.80. The van der Waals surface area contributed by atoms with E-state index in [4.69, 9.17) is 4.74 Å². The fourth-order valence-corrected chi connectivity index (χ4v) is 2.05. The van der Waals surface area contributed by atoms with Crippen LogP contribution in [0.1, 0.15) is 22.3 Å². The molecule has 0 aliphatic rings. The molecule has 0 saturated heterocycles.